The number of rotatable bonds is 2. The van der Waals surface area contributed by atoms with Crippen LogP contribution in [0.25, 0.3) is 11.3 Å². The monoisotopic (exact) mass is 272 g/mol. The van der Waals surface area contributed by atoms with Crippen molar-refractivity contribution in [2.45, 2.75) is 26.0 Å². The zero-order valence-corrected chi connectivity index (χ0v) is 11.2. The van der Waals surface area contributed by atoms with Crippen LogP contribution < -0.4 is 0 Å². The minimum absolute atomic E-state index is 0.254. The Kier molecular flexibility index (Phi) is 3.28. The Morgan fingerprint density at radius 1 is 1.40 bits per heavy atom. The summed E-state index contributed by atoms with van der Waals surface area (Å²) in [4.78, 5) is 13.6. The molecule has 0 radical (unpaired) electrons. The summed E-state index contributed by atoms with van der Waals surface area (Å²) in [5.41, 5.74) is 2.70. The molecule has 1 aliphatic heterocycles. The van der Waals surface area contributed by atoms with Crippen LogP contribution in [0.1, 0.15) is 18.2 Å². The highest BCUT2D eigenvalue weighted by molar-refractivity contribution is 5.80. The molecule has 1 atom stereocenters. The van der Waals surface area contributed by atoms with Gasteiger partial charge in [0.05, 0.1) is 6.54 Å². The summed E-state index contributed by atoms with van der Waals surface area (Å²) in [5, 5.41) is 13.6. The smallest absolute Gasteiger partial charge is 0.251 e. The number of aliphatic hydroxyl groups is 1. The number of aliphatic hydroxyl groups excluding tert-OH is 1. The molecular weight excluding hydrogens is 256 g/mol. The van der Waals surface area contributed by atoms with Crippen molar-refractivity contribution in [1.82, 2.24) is 10.1 Å². The van der Waals surface area contributed by atoms with Gasteiger partial charge in [0.25, 0.3) is 5.91 Å². The first kappa shape index (κ1) is 12.9. The normalized spacial score (nSPS) is 15.8. The van der Waals surface area contributed by atoms with Gasteiger partial charge in [0, 0.05) is 24.1 Å². The van der Waals surface area contributed by atoms with E-state index in [-0.39, 0.29) is 5.91 Å². The van der Waals surface area contributed by atoms with E-state index in [0.717, 1.165) is 22.6 Å². The van der Waals surface area contributed by atoms with Crippen LogP contribution in [-0.2, 0) is 17.8 Å². The van der Waals surface area contributed by atoms with Crippen LogP contribution in [0, 0.1) is 0 Å². The van der Waals surface area contributed by atoms with Crippen LogP contribution in [0.4, 0.5) is 0 Å². The number of nitrogens with zero attached hydrogens (tertiary/aromatic N) is 2. The summed E-state index contributed by atoms with van der Waals surface area (Å²) in [5.74, 6) is 0.578. The van der Waals surface area contributed by atoms with E-state index in [1.807, 2.05) is 30.3 Å². The Balaban J connectivity index is 1.93. The number of carbonyl (C=O) groups excluding carboxylic acids is 1. The lowest BCUT2D eigenvalue weighted by atomic mass is 10.0. The third kappa shape index (κ3) is 2.20. The van der Waals surface area contributed by atoms with Gasteiger partial charge in [-0.05, 0) is 6.92 Å². The molecule has 1 amide bonds. The number of amides is 1. The molecule has 3 rings (SSSR count). The van der Waals surface area contributed by atoms with Crippen molar-refractivity contribution in [3.8, 4) is 11.3 Å². The molecule has 5 heteroatoms. The summed E-state index contributed by atoms with van der Waals surface area (Å²) in [6.07, 6.45) is -0.343. The number of fused-ring (bicyclic) bond motifs is 1. The van der Waals surface area contributed by atoms with E-state index in [4.69, 9.17) is 4.52 Å². The van der Waals surface area contributed by atoms with Gasteiger partial charge in [-0.25, -0.2) is 0 Å². The van der Waals surface area contributed by atoms with Crippen LogP contribution in [-0.4, -0.2) is 33.7 Å². The Morgan fingerprint density at radius 2 is 2.15 bits per heavy atom. The van der Waals surface area contributed by atoms with Gasteiger partial charge in [-0.1, -0.05) is 35.5 Å². The second-order valence-corrected chi connectivity index (χ2v) is 4.98. The Bertz CT molecular complexity index is 619. The molecule has 0 unspecified atom stereocenters. The molecule has 0 saturated heterocycles. The van der Waals surface area contributed by atoms with E-state index in [2.05, 4.69) is 5.16 Å². The van der Waals surface area contributed by atoms with Crippen LogP contribution in [0.2, 0.25) is 0 Å². The molecule has 2 heterocycles. The number of aromatic nitrogens is 1. The van der Waals surface area contributed by atoms with Gasteiger partial charge >= 0.3 is 0 Å². The fourth-order valence-corrected chi connectivity index (χ4v) is 2.48. The lowest BCUT2D eigenvalue weighted by Gasteiger charge is -2.27. The molecule has 1 aromatic heterocycles. The van der Waals surface area contributed by atoms with E-state index in [1.165, 1.54) is 6.92 Å². The van der Waals surface area contributed by atoms with E-state index in [9.17, 15) is 9.90 Å². The van der Waals surface area contributed by atoms with E-state index < -0.39 is 6.10 Å². The highest BCUT2D eigenvalue weighted by atomic mass is 16.5. The number of benzene rings is 1. The lowest BCUT2D eigenvalue weighted by Crippen LogP contribution is -2.40. The molecule has 0 bridgehead atoms. The summed E-state index contributed by atoms with van der Waals surface area (Å²) in [7, 11) is 0. The predicted octanol–water partition coefficient (Wildman–Crippen LogP) is 1.61. The van der Waals surface area contributed by atoms with Gasteiger partial charge in [-0.15, -0.1) is 0 Å². The van der Waals surface area contributed by atoms with Gasteiger partial charge in [-0.2, -0.15) is 0 Å². The van der Waals surface area contributed by atoms with Crippen LogP contribution in [0.3, 0.4) is 0 Å². The highest BCUT2D eigenvalue weighted by Crippen LogP contribution is 2.29. The fraction of sp³-hybridized carbons (Fsp3) is 0.333. The lowest BCUT2D eigenvalue weighted by molar-refractivity contribution is -0.140. The van der Waals surface area contributed by atoms with Crippen molar-refractivity contribution >= 4 is 5.91 Å². The summed E-state index contributed by atoms with van der Waals surface area (Å²) < 4.78 is 5.38. The van der Waals surface area contributed by atoms with E-state index >= 15 is 0 Å². The molecule has 1 aliphatic rings. The van der Waals surface area contributed by atoms with Gasteiger partial charge in [0.2, 0.25) is 0 Å². The van der Waals surface area contributed by atoms with Gasteiger partial charge in [0.1, 0.15) is 17.6 Å². The van der Waals surface area contributed by atoms with Crippen molar-refractivity contribution in [3.05, 3.63) is 41.7 Å². The SMILES string of the molecule is C[C@@H](O)C(=O)N1CCc2onc(-c3ccccc3)c2C1. The number of carbonyl (C=O) groups is 1. The fourth-order valence-electron chi connectivity index (χ4n) is 2.48. The Morgan fingerprint density at radius 3 is 2.85 bits per heavy atom. The number of hydrogen-bond acceptors (Lipinski definition) is 4. The van der Waals surface area contributed by atoms with Crippen molar-refractivity contribution in [3.63, 3.8) is 0 Å². The first-order valence-electron chi connectivity index (χ1n) is 6.66. The molecule has 0 spiro atoms. The second kappa shape index (κ2) is 5.09. The van der Waals surface area contributed by atoms with Gasteiger partial charge in [0.15, 0.2) is 0 Å². The van der Waals surface area contributed by atoms with Crippen LogP contribution >= 0.6 is 0 Å². The molecule has 2 aromatic rings. The maximum absolute atomic E-state index is 11.9. The Hall–Kier alpha value is -2.14. The molecule has 1 aromatic carbocycles. The minimum atomic E-state index is -0.975. The maximum Gasteiger partial charge on any atom is 0.251 e. The predicted molar refractivity (Wildman–Crippen MR) is 72.7 cm³/mol. The average Bonchev–Trinajstić information content (AvgIpc) is 2.90. The highest BCUT2D eigenvalue weighted by Gasteiger charge is 2.28. The van der Waals surface area contributed by atoms with Crippen LogP contribution in [0.15, 0.2) is 34.9 Å². The third-order valence-electron chi connectivity index (χ3n) is 3.54. The molecule has 0 saturated carbocycles. The molecule has 0 aliphatic carbocycles. The minimum Gasteiger partial charge on any atom is -0.384 e. The number of hydrogen-bond donors (Lipinski definition) is 1. The second-order valence-electron chi connectivity index (χ2n) is 4.98. The molecular formula is C15H16N2O3. The average molecular weight is 272 g/mol. The Labute approximate surface area is 116 Å². The van der Waals surface area contributed by atoms with Crippen LogP contribution in [0.5, 0.6) is 0 Å². The first-order valence-corrected chi connectivity index (χ1v) is 6.66. The molecule has 104 valence electrons. The van der Waals surface area contributed by atoms with Crippen molar-refractivity contribution < 1.29 is 14.4 Å². The molecule has 5 nitrogen and oxygen atoms in total. The topological polar surface area (TPSA) is 66.6 Å². The third-order valence-corrected chi connectivity index (χ3v) is 3.54. The quantitative estimate of drug-likeness (QED) is 0.902. The van der Waals surface area contributed by atoms with E-state index in [0.29, 0.717) is 19.5 Å². The summed E-state index contributed by atoms with van der Waals surface area (Å²) >= 11 is 0. The zero-order chi connectivity index (χ0) is 14.1. The first-order chi connectivity index (χ1) is 9.66. The standard InChI is InChI=1S/C15H16N2O3/c1-10(18)15(19)17-8-7-13-12(9-17)14(16-20-13)11-5-3-2-4-6-11/h2-6,10,18H,7-9H2,1H3/t10-/m1/s1. The molecule has 1 N–H and O–H groups in total. The van der Waals surface area contributed by atoms with Crippen molar-refractivity contribution in [2.24, 2.45) is 0 Å². The summed E-state index contributed by atoms with van der Waals surface area (Å²) in [6.45, 7) is 2.48. The van der Waals surface area contributed by atoms with Crippen molar-refractivity contribution in [1.29, 1.82) is 0 Å². The summed E-state index contributed by atoms with van der Waals surface area (Å²) in [6, 6.07) is 9.76. The zero-order valence-electron chi connectivity index (χ0n) is 11.2. The van der Waals surface area contributed by atoms with Gasteiger partial charge < -0.3 is 14.5 Å². The largest absolute Gasteiger partial charge is 0.384 e. The maximum atomic E-state index is 11.9. The van der Waals surface area contributed by atoms with Crippen molar-refractivity contribution in [2.75, 3.05) is 6.54 Å². The molecule has 20 heavy (non-hydrogen) atoms. The van der Waals surface area contributed by atoms with Gasteiger partial charge in [-0.3, -0.25) is 4.79 Å². The molecule has 0 fully saturated rings. The van der Waals surface area contributed by atoms with E-state index in [1.54, 1.807) is 4.90 Å².